The van der Waals surface area contributed by atoms with Crippen LogP contribution in [0.5, 0.6) is 0 Å². The van der Waals surface area contributed by atoms with E-state index in [9.17, 15) is 9.59 Å². The molecule has 0 N–H and O–H groups in total. The van der Waals surface area contributed by atoms with Crippen molar-refractivity contribution in [1.29, 1.82) is 0 Å². The molecule has 64 valence electrons. The first kappa shape index (κ1) is 7.71. The lowest BCUT2D eigenvalue weighted by Crippen LogP contribution is -2.32. The number of allylic oxidation sites excluding steroid dienone is 2. The average Bonchev–Trinajstić information content (AvgIpc) is 2.17. The minimum atomic E-state index is -0.767. The number of fused-ring (bicyclic) bond motifs is 2. The molecule has 0 aromatic heterocycles. The van der Waals surface area contributed by atoms with Crippen LogP contribution >= 0.6 is 0 Å². The number of ketones is 2. The zero-order valence-corrected chi connectivity index (χ0v) is 7.33. The molecule has 2 bridgehead atoms. The van der Waals surface area contributed by atoms with Gasteiger partial charge in [-0.2, -0.15) is 0 Å². The van der Waals surface area contributed by atoms with Gasteiger partial charge in [-0.1, -0.05) is 19.1 Å². The van der Waals surface area contributed by atoms with E-state index < -0.39 is 5.41 Å². The van der Waals surface area contributed by atoms with E-state index in [2.05, 4.69) is 0 Å². The molecule has 3 atom stereocenters. The molecule has 1 saturated carbocycles. The number of Topliss-reactive ketones (excluding diaryl/α,β-unsaturated/α-hetero) is 2. The van der Waals surface area contributed by atoms with E-state index >= 15 is 0 Å². The van der Waals surface area contributed by atoms with Crippen LogP contribution in [-0.2, 0) is 9.59 Å². The summed E-state index contributed by atoms with van der Waals surface area (Å²) in [6.07, 6.45) is 4.23. The van der Waals surface area contributed by atoms with Crippen LogP contribution in [0.1, 0.15) is 20.3 Å². The number of hydrogen-bond donors (Lipinski definition) is 0. The van der Waals surface area contributed by atoms with Crippen LogP contribution < -0.4 is 0 Å². The number of hydrogen-bond acceptors (Lipinski definition) is 2. The zero-order valence-electron chi connectivity index (χ0n) is 7.33. The summed E-state index contributed by atoms with van der Waals surface area (Å²) in [7, 11) is 0. The Balaban J connectivity index is 2.52. The Kier molecular flexibility index (Phi) is 1.33. The van der Waals surface area contributed by atoms with Crippen LogP contribution in [0.25, 0.3) is 0 Å². The Hall–Kier alpha value is -0.920. The van der Waals surface area contributed by atoms with E-state index in [0.717, 1.165) is 0 Å². The number of carbonyl (C=O) groups excluding carboxylic acids is 2. The van der Waals surface area contributed by atoms with Crippen molar-refractivity contribution in [1.82, 2.24) is 0 Å². The molecule has 0 spiro atoms. The predicted octanol–water partition coefficient (Wildman–Crippen LogP) is 1.36. The lowest BCUT2D eigenvalue weighted by atomic mass is 9.77. The van der Waals surface area contributed by atoms with Crippen molar-refractivity contribution >= 4 is 11.6 Å². The molecule has 0 radical (unpaired) electrons. The molecule has 0 unspecified atom stereocenters. The highest BCUT2D eigenvalue weighted by Crippen LogP contribution is 2.43. The summed E-state index contributed by atoms with van der Waals surface area (Å²) in [6, 6.07) is 0. The smallest absolute Gasteiger partial charge is 0.154 e. The van der Waals surface area contributed by atoms with Gasteiger partial charge in [0, 0.05) is 12.3 Å². The van der Waals surface area contributed by atoms with Crippen molar-refractivity contribution in [3.05, 3.63) is 12.2 Å². The summed E-state index contributed by atoms with van der Waals surface area (Å²) in [6.45, 7) is 3.73. The summed E-state index contributed by atoms with van der Waals surface area (Å²) < 4.78 is 0. The third-order valence-electron chi connectivity index (χ3n) is 3.20. The molecule has 1 fully saturated rings. The third kappa shape index (κ3) is 0.701. The molecule has 0 amide bonds. The van der Waals surface area contributed by atoms with Gasteiger partial charge >= 0.3 is 0 Å². The fourth-order valence-electron chi connectivity index (χ4n) is 2.11. The van der Waals surface area contributed by atoms with Gasteiger partial charge in [-0.3, -0.25) is 9.59 Å². The summed E-state index contributed by atoms with van der Waals surface area (Å²) >= 11 is 0. The third-order valence-corrected chi connectivity index (χ3v) is 3.20. The summed E-state index contributed by atoms with van der Waals surface area (Å²) in [5.74, 6) is 0.435. The standard InChI is InChI=1S/C10H12O2/c1-6-3-4-10(2)8(11)5-7(6)9(10)12/h3-4,6-7H,5H2,1-2H3/t6-,7-,10-/m1/s1. The molecule has 0 aliphatic heterocycles. The van der Waals surface area contributed by atoms with Gasteiger partial charge in [0.1, 0.15) is 5.41 Å². The van der Waals surface area contributed by atoms with Crippen molar-refractivity contribution in [2.45, 2.75) is 20.3 Å². The van der Waals surface area contributed by atoms with Crippen LogP contribution in [0, 0.1) is 17.3 Å². The Morgan fingerprint density at radius 3 is 2.75 bits per heavy atom. The van der Waals surface area contributed by atoms with E-state index in [0.29, 0.717) is 6.42 Å². The second-order valence-electron chi connectivity index (χ2n) is 4.02. The van der Waals surface area contributed by atoms with Crippen LogP contribution in [0.3, 0.4) is 0 Å². The Morgan fingerprint density at radius 2 is 2.17 bits per heavy atom. The highest BCUT2D eigenvalue weighted by molar-refractivity contribution is 6.16. The monoisotopic (exact) mass is 164 g/mol. The molecule has 0 heterocycles. The van der Waals surface area contributed by atoms with E-state index in [1.165, 1.54) is 0 Å². The quantitative estimate of drug-likeness (QED) is 0.400. The average molecular weight is 164 g/mol. The van der Waals surface area contributed by atoms with Crippen LogP contribution in [0.15, 0.2) is 12.2 Å². The fourth-order valence-corrected chi connectivity index (χ4v) is 2.11. The second-order valence-corrected chi connectivity index (χ2v) is 4.02. The van der Waals surface area contributed by atoms with Crippen LogP contribution in [0.4, 0.5) is 0 Å². The summed E-state index contributed by atoms with van der Waals surface area (Å²) in [5, 5.41) is 0. The first-order valence-corrected chi connectivity index (χ1v) is 4.32. The molecular weight excluding hydrogens is 152 g/mol. The van der Waals surface area contributed by atoms with E-state index in [1.54, 1.807) is 13.0 Å². The van der Waals surface area contributed by atoms with Crippen molar-refractivity contribution in [2.24, 2.45) is 17.3 Å². The molecule has 0 aromatic rings. The maximum atomic E-state index is 11.7. The van der Waals surface area contributed by atoms with Crippen molar-refractivity contribution < 1.29 is 9.59 Å². The minimum Gasteiger partial charge on any atom is -0.298 e. The Bertz CT molecular complexity index is 290. The number of rotatable bonds is 0. The highest BCUT2D eigenvalue weighted by Gasteiger charge is 2.52. The normalized spacial score (nSPS) is 45.5. The SMILES string of the molecule is C[C@@H]1C=C[C@]2(C)C(=O)C[C@H]1C2=O. The molecule has 2 aliphatic carbocycles. The van der Waals surface area contributed by atoms with E-state index in [4.69, 9.17) is 0 Å². The molecule has 0 saturated heterocycles. The van der Waals surface area contributed by atoms with Crippen LogP contribution in [0.2, 0.25) is 0 Å². The zero-order chi connectivity index (χ0) is 8.93. The van der Waals surface area contributed by atoms with E-state index in [-0.39, 0.29) is 23.4 Å². The fraction of sp³-hybridized carbons (Fsp3) is 0.600. The maximum absolute atomic E-state index is 11.7. The Labute approximate surface area is 71.6 Å². The van der Waals surface area contributed by atoms with Gasteiger partial charge in [0.15, 0.2) is 11.6 Å². The van der Waals surface area contributed by atoms with Gasteiger partial charge in [0.2, 0.25) is 0 Å². The maximum Gasteiger partial charge on any atom is 0.154 e. The molecule has 2 heteroatoms. The number of carbonyl (C=O) groups is 2. The highest BCUT2D eigenvalue weighted by atomic mass is 16.2. The topological polar surface area (TPSA) is 34.1 Å². The molecule has 0 aromatic carbocycles. The van der Waals surface area contributed by atoms with Gasteiger partial charge in [0.25, 0.3) is 0 Å². The van der Waals surface area contributed by atoms with Crippen LogP contribution in [-0.4, -0.2) is 11.6 Å². The second kappa shape index (κ2) is 2.06. The Morgan fingerprint density at radius 1 is 1.50 bits per heavy atom. The summed E-state index contributed by atoms with van der Waals surface area (Å²) in [5.41, 5.74) is -0.767. The largest absolute Gasteiger partial charge is 0.298 e. The van der Waals surface area contributed by atoms with Crippen molar-refractivity contribution in [3.8, 4) is 0 Å². The van der Waals surface area contributed by atoms with Gasteiger partial charge in [-0.15, -0.1) is 0 Å². The first-order chi connectivity index (χ1) is 5.55. The van der Waals surface area contributed by atoms with Gasteiger partial charge in [-0.25, -0.2) is 0 Å². The first-order valence-electron chi connectivity index (χ1n) is 4.32. The molecule has 2 nitrogen and oxygen atoms in total. The molecule has 2 rings (SSSR count). The molecule has 12 heavy (non-hydrogen) atoms. The summed E-state index contributed by atoms with van der Waals surface area (Å²) in [4.78, 5) is 23.1. The van der Waals surface area contributed by atoms with Crippen molar-refractivity contribution in [3.63, 3.8) is 0 Å². The van der Waals surface area contributed by atoms with Crippen molar-refractivity contribution in [2.75, 3.05) is 0 Å². The predicted molar refractivity (Wildman–Crippen MR) is 44.5 cm³/mol. The van der Waals surface area contributed by atoms with Gasteiger partial charge < -0.3 is 0 Å². The van der Waals surface area contributed by atoms with Gasteiger partial charge in [0.05, 0.1) is 0 Å². The molecular formula is C10H12O2. The molecule has 2 aliphatic rings. The lowest BCUT2D eigenvalue weighted by molar-refractivity contribution is -0.132. The minimum absolute atomic E-state index is 0.0347. The lowest BCUT2D eigenvalue weighted by Gasteiger charge is -2.23. The van der Waals surface area contributed by atoms with E-state index in [1.807, 2.05) is 13.0 Å². The van der Waals surface area contributed by atoms with Gasteiger partial charge in [-0.05, 0) is 12.8 Å².